The summed E-state index contributed by atoms with van der Waals surface area (Å²) in [4.78, 5) is 180. The predicted octanol–water partition coefficient (Wildman–Crippen LogP) is -0.230. The van der Waals surface area contributed by atoms with Crippen molar-refractivity contribution < 1.29 is 103 Å². The van der Waals surface area contributed by atoms with Gasteiger partial charge < -0.3 is 83.1 Å². The molecule has 0 aliphatic carbocycles. The van der Waals surface area contributed by atoms with Crippen molar-refractivity contribution in [1.29, 1.82) is 0 Å². The molecule has 0 saturated carbocycles. The first-order valence-electron chi connectivity index (χ1n) is 33.0. The highest BCUT2D eigenvalue weighted by molar-refractivity contribution is 5.94. The third-order valence-corrected chi connectivity index (χ3v) is 16.2. The highest BCUT2D eigenvalue weighted by Crippen LogP contribution is 2.18. The standard InChI is InChI=1S/C67H94N12O21/c80-44-48(37-54(66(98)99)75-67(100)74-51(65(96)97)21-24-58(84)85)38-68-25-11-3-1-2-10-16-56(82)72-53(36-46-14-8-5-9-15-46)64(95)73-52(35-45-12-6-4-7-13-45)63(94)70-27-26-69-55(81)22-23-57(83)71-49-19-17-47(18-20-49)34-50(79(42-61(90)91)43-62(92)93)39-76-28-30-77(40-59(86)87)32-33-78(31-29-76)41-60(88)89/h4-9,12-15,17-20,44,48,50-54,68H,1-3,10-11,16,21-43H2,(H,69,81)(H,70,94)(H,71,83)(H,72,82)(H,73,95)(H,84,85)(H,86,87)(H,88,89)(H,90,91)(H,92,93)(H,96,97)(H,98,99)(H2,74,75,100)/t48?,50?,51?,52-,53-,54?/m0/s1. The van der Waals surface area contributed by atoms with Crippen molar-refractivity contribution in [1.82, 2.24) is 56.8 Å². The molecule has 1 aliphatic rings. The Balaban J connectivity index is 1.25. The van der Waals surface area contributed by atoms with E-state index in [9.17, 15) is 97.8 Å². The third kappa shape index (κ3) is 35.0. The van der Waals surface area contributed by atoms with Crippen molar-refractivity contribution in [3.8, 4) is 0 Å². The second kappa shape index (κ2) is 45.6. The van der Waals surface area contributed by atoms with Crippen LogP contribution in [0.15, 0.2) is 84.9 Å². The maximum atomic E-state index is 14.1. The van der Waals surface area contributed by atoms with Gasteiger partial charge in [-0.15, -0.1) is 0 Å². The lowest BCUT2D eigenvalue weighted by atomic mass is 10.0. The number of carboxylic acids is 7. The van der Waals surface area contributed by atoms with Gasteiger partial charge in [-0.3, -0.25) is 67.5 Å². The predicted molar refractivity (Wildman–Crippen MR) is 360 cm³/mol. The van der Waals surface area contributed by atoms with E-state index in [0.29, 0.717) is 82.6 Å². The second-order valence-electron chi connectivity index (χ2n) is 24.3. The molecular weight excluding hydrogens is 1310 g/mol. The van der Waals surface area contributed by atoms with E-state index in [1.54, 1.807) is 94.7 Å². The number of rotatable bonds is 48. The molecule has 0 spiro atoms. The van der Waals surface area contributed by atoms with Crippen molar-refractivity contribution in [3.63, 3.8) is 0 Å². The molecule has 1 heterocycles. The van der Waals surface area contributed by atoms with E-state index in [1.807, 2.05) is 10.2 Å². The summed E-state index contributed by atoms with van der Waals surface area (Å²) in [7, 11) is 0. The van der Waals surface area contributed by atoms with Gasteiger partial charge in [0.2, 0.25) is 29.5 Å². The van der Waals surface area contributed by atoms with Crippen LogP contribution < -0.4 is 42.5 Å². The number of carbonyl (C=O) groups is 14. The van der Waals surface area contributed by atoms with Gasteiger partial charge in [0.15, 0.2) is 0 Å². The second-order valence-corrected chi connectivity index (χ2v) is 24.3. The van der Waals surface area contributed by atoms with Gasteiger partial charge in [-0.05, 0) is 67.5 Å². The van der Waals surface area contributed by atoms with Crippen LogP contribution in [0, 0.1) is 5.92 Å². The first-order chi connectivity index (χ1) is 47.7. The van der Waals surface area contributed by atoms with Crippen LogP contribution in [0.4, 0.5) is 10.5 Å². The largest absolute Gasteiger partial charge is 0.481 e. The number of carboxylic acid groups (broad SMARTS) is 7. The number of unbranched alkanes of at least 4 members (excludes halogenated alkanes) is 4. The minimum absolute atomic E-state index is 0.0336. The lowest BCUT2D eigenvalue weighted by molar-refractivity contribution is -0.144. The van der Waals surface area contributed by atoms with Crippen molar-refractivity contribution >= 4 is 89.3 Å². The van der Waals surface area contributed by atoms with E-state index in [0.717, 1.165) is 24.0 Å². The summed E-state index contributed by atoms with van der Waals surface area (Å²) < 4.78 is 0. The molecule has 1 saturated heterocycles. The van der Waals surface area contributed by atoms with Crippen molar-refractivity contribution in [3.05, 3.63) is 102 Å². The summed E-state index contributed by atoms with van der Waals surface area (Å²) in [6, 6.07) is 17.3. The van der Waals surface area contributed by atoms with Crippen LogP contribution in [0.1, 0.15) is 87.3 Å². The van der Waals surface area contributed by atoms with Gasteiger partial charge in [0.05, 0.1) is 26.2 Å². The fourth-order valence-electron chi connectivity index (χ4n) is 11.0. The van der Waals surface area contributed by atoms with Crippen LogP contribution in [0.2, 0.25) is 0 Å². The fraction of sp³-hybridized carbons (Fsp3) is 0.522. The molecule has 3 aromatic rings. The first-order valence-corrected chi connectivity index (χ1v) is 33.0. The Kier molecular flexibility index (Phi) is 37.6. The zero-order valence-corrected chi connectivity index (χ0v) is 55.8. The molecule has 1 aliphatic heterocycles. The number of nitrogens with one attached hydrogen (secondary N) is 8. The summed E-state index contributed by atoms with van der Waals surface area (Å²) >= 11 is 0. The Morgan fingerprint density at radius 3 is 1.48 bits per heavy atom. The molecule has 3 aromatic carbocycles. The Labute approximate surface area is 578 Å². The molecule has 0 bridgehead atoms. The van der Waals surface area contributed by atoms with Crippen LogP contribution in [-0.4, -0.2) is 267 Å². The minimum Gasteiger partial charge on any atom is -0.481 e. The smallest absolute Gasteiger partial charge is 0.326 e. The molecule has 548 valence electrons. The maximum Gasteiger partial charge on any atom is 0.326 e. The Morgan fingerprint density at radius 2 is 0.950 bits per heavy atom. The normalized spacial score (nSPS) is 14.7. The summed E-state index contributed by atoms with van der Waals surface area (Å²) in [5, 5.41) is 87.5. The van der Waals surface area contributed by atoms with Crippen LogP contribution in [0.25, 0.3) is 0 Å². The molecule has 33 heteroatoms. The lowest BCUT2D eigenvalue weighted by Crippen LogP contribution is -2.55. The van der Waals surface area contributed by atoms with Gasteiger partial charge in [0.1, 0.15) is 30.5 Å². The van der Waals surface area contributed by atoms with Crippen molar-refractivity contribution in [2.24, 2.45) is 5.92 Å². The number of hydrogen-bond donors (Lipinski definition) is 15. The highest BCUT2D eigenvalue weighted by atomic mass is 16.4. The van der Waals surface area contributed by atoms with Crippen LogP contribution in [-0.2, 0) is 81.6 Å². The van der Waals surface area contributed by atoms with E-state index in [1.165, 1.54) is 4.90 Å². The van der Waals surface area contributed by atoms with Gasteiger partial charge in [0, 0.05) is 122 Å². The topological polar surface area (TPSA) is 490 Å². The Hall–Kier alpha value is -9.96. The Morgan fingerprint density at radius 1 is 0.450 bits per heavy atom. The number of aldehydes is 1. The summed E-state index contributed by atoms with van der Waals surface area (Å²) in [5.74, 6) is -12.3. The van der Waals surface area contributed by atoms with E-state index in [-0.39, 0.29) is 90.1 Å². The molecule has 1 fully saturated rings. The molecule has 0 radical (unpaired) electrons. The van der Waals surface area contributed by atoms with E-state index < -0.39 is 134 Å². The fourth-order valence-corrected chi connectivity index (χ4v) is 11.0. The quantitative estimate of drug-likeness (QED) is 0.0256. The van der Waals surface area contributed by atoms with Gasteiger partial charge in [0.25, 0.3) is 0 Å². The first kappa shape index (κ1) is 82.5. The van der Waals surface area contributed by atoms with Crippen LogP contribution >= 0.6 is 0 Å². The summed E-state index contributed by atoms with van der Waals surface area (Å²) in [6.45, 7) is 0.674. The zero-order chi connectivity index (χ0) is 73.4. The molecule has 0 aromatic heterocycles. The van der Waals surface area contributed by atoms with Crippen molar-refractivity contribution in [2.45, 2.75) is 120 Å². The SMILES string of the molecule is O=CC(CNCCCCCCCC(=O)N[C@@H](Cc1ccccc1)C(=O)N[C@@H](Cc1ccccc1)C(=O)NCCNC(=O)CCC(=O)Nc1ccc(CC(CN2CCN(CC(=O)O)CCN(CC(=O)O)CC2)N(CC(=O)O)CC(=O)O)cc1)CC(NC(=O)NC(CCC(=O)O)C(=O)O)C(=O)O. The van der Waals surface area contributed by atoms with Crippen molar-refractivity contribution in [2.75, 3.05) is 103 Å². The van der Waals surface area contributed by atoms with Gasteiger partial charge >= 0.3 is 47.8 Å². The molecular formula is C67H94N12O21. The molecule has 100 heavy (non-hydrogen) atoms. The highest BCUT2D eigenvalue weighted by Gasteiger charge is 2.31. The number of carbonyl (C=O) groups excluding carboxylic acids is 7. The number of anilines is 1. The Bertz CT molecular complexity index is 3120. The summed E-state index contributed by atoms with van der Waals surface area (Å²) in [6.07, 6.45) is 2.52. The van der Waals surface area contributed by atoms with Gasteiger partial charge in [-0.2, -0.15) is 0 Å². The average molecular weight is 1400 g/mol. The number of hydrogen-bond acceptors (Lipinski definition) is 19. The molecule has 4 unspecified atom stereocenters. The molecule has 33 nitrogen and oxygen atoms in total. The summed E-state index contributed by atoms with van der Waals surface area (Å²) in [5.41, 5.74) is 2.50. The number of nitrogens with zero attached hydrogens (tertiary/aromatic N) is 4. The number of amides is 7. The average Bonchev–Trinajstić information content (AvgIpc) is 1.01. The van der Waals surface area contributed by atoms with Crippen LogP contribution in [0.5, 0.6) is 0 Å². The molecule has 4 rings (SSSR count). The third-order valence-electron chi connectivity index (χ3n) is 16.2. The molecule has 7 amide bonds. The molecule has 6 atom stereocenters. The van der Waals surface area contributed by atoms with E-state index >= 15 is 0 Å². The zero-order valence-electron chi connectivity index (χ0n) is 55.8. The lowest BCUT2D eigenvalue weighted by Gasteiger charge is -2.35. The number of benzene rings is 3. The number of aliphatic carboxylic acids is 7. The van der Waals surface area contributed by atoms with Gasteiger partial charge in [-0.1, -0.05) is 92.1 Å². The minimum atomic E-state index is -1.59. The number of urea groups is 1. The van der Waals surface area contributed by atoms with E-state index in [4.69, 9.17) is 5.11 Å². The van der Waals surface area contributed by atoms with Gasteiger partial charge in [-0.25, -0.2) is 14.4 Å². The molecule has 15 N–H and O–H groups in total. The maximum absolute atomic E-state index is 14.1. The monoisotopic (exact) mass is 1400 g/mol. The van der Waals surface area contributed by atoms with Crippen LogP contribution in [0.3, 0.4) is 0 Å². The van der Waals surface area contributed by atoms with E-state index in [2.05, 4.69) is 37.2 Å².